The summed E-state index contributed by atoms with van der Waals surface area (Å²) in [5.74, 6) is 0.646. The Hall–Kier alpha value is -3.74. The van der Waals surface area contributed by atoms with Crippen molar-refractivity contribution < 1.29 is 9.53 Å². The molecule has 4 aromatic rings. The van der Waals surface area contributed by atoms with Crippen LogP contribution in [0.15, 0.2) is 118 Å². The van der Waals surface area contributed by atoms with Gasteiger partial charge in [-0.05, 0) is 47.5 Å². The molecule has 4 aromatic carbocycles. The Balaban J connectivity index is 1.36. The van der Waals surface area contributed by atoms with Crippen molar-refractivity contribution in [3.63, 3.8) is 0 Å². The molecule has 5 nitrogen and oxygen atoms in total. The van der Waals surface area contributed by atoms with Crippen LogP contribution >= 0.6 is 23.4 Å². The maximum atomic E-state index is 13.2. The maximum absolute atomic E-state index is 13.2. The Morgan fingerprint density at radius 2 is 1.67 bits per heavy atom. The smallest absolute Gasteiger partial charge is 0.342 e. The molecule has 1 N–H and O–H groups in total. The van der Waals surface area contributed by atoms with Gasteiger partial charge in [-0.25, -0.2) is 9.80 Å². The number of carbonyl (C=O) groups excluding carboxylic acids is 1. The molecule has 1 aliphatic heterocycles. The number of methoxy groups -OCH3 is 1. The van der Waals surface area contributed by atoms with Crippen LogP contribution in [-0.2, 0) is 0 Å². The number of anilines is 1. The summed E-state index contributed by atoms with van der Waals surface area (Å²) in [7, 11) is 1.63. The normalized spacial score (nSPS) is 14.9. The van der Waals surface area contributed by atoms with E-state index in [9.17, 15) is 4.79 Å². The third kappa shape index (κ3) is 5.40. The number of nitrogens with zero attached hydrogens (tertiary/aromatic N) is 2. The van der Waals surface area contributed by atoms with Gasteiger partial charge in [0.05, 0.1) is 24.3 Å². The second-order valence-electron chi connectivity index (χ2n) is 8.25. The van der Waals surface area contributed by atoms with Crippen LogP contribution in [0.2, 0.25) is 5.02 Å². The molecule has 0 fully saturated rings. The first kappa shape index (κ1) is 24.0. The number of hydrogen-bond acceptors (Lipinski definition) is 4. The fourth-order valence-corrected chi connectivity index (χ4v) is 5.14. The summed E-state index contributed by atoms with van der Waals surface area (Å²) in [5.41, 5.74) is 3.51. The van der Waals surface area contributed by atoms with Crippen LogP contribution < -0.4 is 10.1 Å². The van der Waals surface area contributed by atoms with E-state index in [0.717, 1.165) is 26.6 Å². The summed E-state index contributed by atoms with van der Waals surface area (Å²) in [6.07, 6.45) is 0. The monoisotopic (exact) mass is 513 g/mol. The summed E-state index contributed by atoms with van der Waals surface area (Å²) >= 11 is 7.71. The predicted molar refractivity (Wildman–Crippen MR) is 146 cm³/mol. The Morgan fingerprint density at radius 1 is 0.972 bits per heavy atom. The SMILES string of the molecule is COc1cc(NC(=O)N2CC(c3ccccc3)C(c3ccc(Cl)cc3)=N2)ccc1Sc1ccccc1. The van der Waals surface area contributed by atoms with E-state index >= 15 is 0 Å². The summed E-state index contributed by atoms with van der Waals surface area (Å²) in [6.45, 7) is 0.437. The standard InChI is InChI=1S/C29H24ClN3O2S/c1-35-26-18-23(16-17-27(26)36-24-10-6-3-7-11-24)31-29(34)33-19-25(20-8-4-2-5-9-20)28(32-33)21-12-14-22(30)15-13-21/h2-18,25H,19H2,1H3,(H,31,34). The molecular formula is C29H24ClN3O2S. The van der Waals surface area contributed by atoms with Crippen LogP contribution in [0.5, 0.6) is 5.75 Å². The number of hydrazone groups is 1. The molecule has 36 heavy (non-hydrogen) atoms. The number of rotatable bonds is 6. The average molecular weight is 514 g/mol. The van der Waals surface area contributed by atoms with Crippen LogP contribution in [0.4, 0.5) is 10.5 Å². The van der Waals surface area contributed by atoms with Gasteiger partial charge >= 0.3 is 6.03 Å². The molecule has 7 heteroatoms. The second kappa shape index (κ2) is 10.9. The van der Waals surface area contributed by atoms with Crippen LogP contribution in [0.3, 0.4) is 0 Å². The van der Waals surface area contributed by atoms with E-state index in [0.29, 0.717) is 23.0 Å². The molecule has 0 aliphatic carbocycles. The lowest BCUT2D eigenvalue weighted by Crippen LogP contribution is -2.30. The van der Waals surface area contributed by atoms with Gasteiger partial charge in [-0.3, -0.25) is 0 Å². The molecule has 1 unspecified atom stereocenters. The summed E-state index contributed by atoms with van der Waals surface area (Å²) in [4.78, 5) is 15.3. The third-order valence-corrected chi connectivity index (χ3v) is 7.19. The number of halogens is 1. The van der Waals surface area contributed by atoms with Crippen molar-refractivity contribution in [3.8, 4) is 5.75 Å². The zero-order chi connectivity index (χ0) is 24.9. The van der Waals surface area contributed by atoms with E-state index in [1.165, 1.54) is 5.01 Å². The van der Waals surface area contributed by atoms with Crippen molar-refractivity contribution in [3.05, 3.63) is 119 Å². The van der Waals surface area contributed by atoms with Gasteiger partial charge < -0.3 is 10.1 Å². The first-order valence-corrected chi connectivity index (χ1v) is 12.7. The fourth-order valence-electron chi connectivity index (χ4n) is 4.09. The molecule has 0 bridgehead atoms. The quantitative estimate of drug-likeness (QED) is 0.290. The summed E-state index contributed by atoms with van der Waals surface area (Å²) < 4.78 is 5.60. The molecule has 1 aliphatic rings. The minimum atomic E-state index is -0.301. The molecule has 1 heterocycles. The maximum Gasteiger partial charge on any atom is 0.342 e. The topological polar surface area (TPSA) is 53.9 Å². The molecule has 2 amide bonds. The van der Waals surface area contributed by atoms with Gasteiger partial charge in [0, 0.05) is 27.6 Å². The van der Waals surface area contributed by atoms with Gasteiger partial charge in [0.2, 0.25) is 0 Å². The summed E-state index contributed by atoms with van der Waals surface area (Å²) in [5, 5.41) is 9.83. The lowest BCUT2D eigenvalue weighted by molar-refractivity contribution is 0.218. The van der Waals surface area contributed by atoms with Gasteiger partial charge in [-0.1, -0.05) is 84.0 Å². The van der Waals surface area contributed by atoms with E-state index < -0.39 is 0 Å². The van der Waals surface area contributed by atoms with Crippen molar-refractivity contribution in [2.75, 3.05) is 19.0 Å². The highest BCUT2D eigenvalue weighted by Gasteiger charge is 2.32. The van der Waals surface area contributed by atoms with E-state index in [1.807, 2.05) is 91.0 Å². The largest absolute Gasteiger partial charge is 0.495 e. The number of hydrogen-bond donors (Lipinski definition) is 1. The molecule has 0 radical (unpaired) electrons. The Labute approximate surface area is 219 Å². The van der Waals surface area contributed by atoms with E-state index in [2.05, 4.69) is 17.4 Å². The van der Waals surface area contributed by atoms with Crippen molar-refractivity contribution >= 4 is 40.8 Å². The van der Waals surface area contributed by atoms with Crippen molar-refractivity contribution in [2.45, 2.75) is 15.7 Å². The van der Waals surface area contributed by atoms with Gasteiger partial charge in [0.15, 0.2) is 0 Å². The van der Waals surface area contributed by atoms with E-state index in [1.54, 1.807) is 18.9 Å². The van der Waals surface area contributed by atoms with Crippen molar-refractivity contribution in [1.82, 2.24) is 5.01 Å². The molecule has 5 rings (SSSR count). The molecule has 0 aromatic heterocycles. The molecule has 0 spiro atoms. The number of urea groups is 1. The third-order valence-electron chi connectivity index (χ3n) is 5.88. The van der Waals surface area contributed by atoms with Gasteiger partial charge in [0.1, 0.15) is 5.75 Å². The Bertz CT molecular complexity index is 1380. The minimum absolute atomic E-state index is 0.0442. The Kier molecular flexibility index (Phi) is 7.26. The zero-order valence-corrected chi connectivity index (χ0v) is 21.2. The molecule has 0 saturated heterocycles. The van der Waals surface area contributed by atoms with Crippen LogP contribution in [0, 0.1) is 0 Å². The number of ether oxygens (including phenoxy) is 1. The highest BCUT2D eigenvalue weighted by atomic mass is 35.5. The number of benzene rings is 4. The van der Waals surface area contributed by atoms with Crippen molar-refractivity contribution in [2.24, 2.45) is 5.10 Å². The first-order valence-electron chi connectivity index (χ1n) is 11.5. The van der Waals surface area contributed by atoms with Crippen LogP contribution in [0.1, 0.15) is 17.0 Å². The lowest BCUT2D eigenvalue weighted by atomic mass is 9.91. The Morgan fingerprint density at radius 3 is 2.36 bits per heavy atom. The first-order chi connectivity index (χ1) is 17.6. The van der Waals surface area contributed by atoms with Gasteiger partial charge in [-0.15, -0.1) is 0 Å². The van der Waals surface area contributed by atoms with Gasteiger partial charge in [-0.2, -0.15) is 5.10 Å². The van der Waals surface area contributed by atoms with E-state index in [4.69, 9.17) is 21.4 Å². The number of carbonyl (C=O) groups is 1. The lowest BCUT2D eigenvalue weighted by Gasteiger charge is -2.17. The minimum Gasteiger partial charge on any atom is -0.495 e. The van der Waals surface area contributed by atoms with Crippen LogP contribution in [-0.4, -0.2) is 30.4 Å². The second-order valence-corrected chi connectivity index (χ2v) is 9.80. The number of nitrogens with one attached hydrogen (secondary N) is 1. The summed E-state index contributed by atoms with van der Waals surface area (Å²) in [6, 6.07) is 33.1. The molecule has 180 valence electrons. The van der Waals surface area contributed by atoms with Crippen molar-refractivity contribution in [1.29, 1.82) is 0 Å². The van der Waals surface area contributed by atoms with Gasteiger partial charge in [0.25, 0.3) is 0 Å². The predicted octanol–water partition coefficient (Wildman–Crippen LogP) is 7.54. The number of amides is 2. The molecule has 0 saturated carbocycles. The average Bonchev–Trinajstić information content (AvgIpc) is 3.37. The molecular weight excluding hydrogens is 490 g/mol. The fraction of sp³-hybridized carbons (Fsp3) is 0.103. The highest BCUT2D eigenvalue weighted by molar-refractivity contribution is 7.99. The zero-order valence-electron chi connectivity index (χ0n) is 19.6. The molecule has 1 atom stereocenters. The highest BCUT2D eigenvalue weighted by Crippen LogP contribution is 2.37. The van der Waals surface area contributed by atoms with E-state index in [-0.39, 0.29) is 11.9 Å². The van der Waals surface area contributed by atoms with Crippen LogP contribution in [0.25, 0.3) is 0 Å².